The average molecular weight is 503 g/mol. The standard InChI is InChI=1S/C27H27ClN6O2/c1-3-36-24-10-7-19(16-21(24)28)22-8-9-23-25(32-22)26(30-17-29-23)33-11-13-34(14-12-33)27(35)31-20-6-4-5-18(2)15-20/h4-10,15-17H,3,11-14H2,1-2H3,(H,31,35). The summed E-state index contributed by atoms with van der Waals surface area (Å²) in [6.07, 6.45) is 1.56. The fourth-order valence-corrected chi connectivity index (χ4v) is 4.53. The van der Waals surface area contributed by atoms with Gasteiger partial charge in [-0.05, 0) is 61.9 Å². The monoisotopic (exact) mass is 502 g/mol. The maximum atomic E-state index is 12.8. The molecule has 0 bridgehead atoms. The highest BCUT2D eigenvalue weighted by atomic mass is 35.5. The van der Waals surface area contributed by atoms with E-state index in [0.717, 1.165) is 39.4 Å². The van der Waals surface area contributed by atoms with Crippen LogP contribution in [0.3, 0.4) is 0 Å². The molecule has 0 aliphatic carbocycles. The van der Waals surface area contributed by atoms with Gasteiger partial charge >= 0.3 is 6.03 Å². The van der Waals surface area contributed by atoms with E-state index in [1.165, 1.54) is 0 Å². The molecule has 0 atom stereocenters. The zero-order valence-corrected chi connectivity index (χ0v) is 21.0. The predicted molar refractivity (Wildman–Crippen MR) is 143 cm³/mol. The first-order chi connectivity index (χ1) is 17.5. The summed E-state index contributed by atoms with van der Waals surface area (Å²) in [7, 11) is 0. The molecule has 1 saturated heterocycles. The number of nitrogens with one attached hydrogen (secondary N) is 1. The summed E-state index contributed by atoms with van der Waals surface area (Å²) >= 11 is 6.40. The number of urea groups is 1. The number of anilines is 2. The molecule has 5 rings (SSSR count). The smallest absolute Gasteiger partial charge is 0.321 e. The molecule has 0 unspecified atom stereocenters. The van der Waals surface area contributed by atoms with Crippen LogP contribution in [0, 0.1) is 6.92 Å². The number of pyridine rings is 1. The van der Waals surface area contributed by atoms with Crippen molar-refractivity contribution in [1.82, 2.24) is 19.9 Å². The molecule has 1 aliphatic heterocycles. The van der Waals surface area contributed by atoms with Crippen LogP contribution in [0.15, 0.2) is 60.9 Å². The van der Waals surface area contributed by atoms with Gasteiger partial charge in [0, 0.05) is 37.4 Å². The number of hydrogen-bond acceptors (Lipinski definition) is 6. The molecule has 0 radical (unpaired) electrons. The van der Waals surface area contributed by atoms with Crippen LogP contribution in [0.4, 0.5) is 16.3 Å². The van der Waals surface area contributed by atoms with Crippen LogP contribution in [0.5, 0.6) is 5.75 Å². The molecule has 1 fully saturated rings. The Kier molecular flexibility index (Phi) is 6.86. The van der Waals surface area contributed by atoms with Crippen molar-refractivity contribution in [2.24, 2.45) is 0 Å². The summed E-state index contributed by atoms with van der Waals surface area (Å²) in [5, 5.41) is 3.53. The van der Waals surface area contributed by atoms with Crippen LogP contribution in [0.25, 0.3) is 22.3 Å². The van der Waals surface area contributed by atoms with Crippen molar-refractivity contribution >= 4 is 40.2 Å². The average Bonchev–Trinajstić information content (AvgIpc) is 2.89. The number of rotatable bonds is 5. The number of piperazine rings is 1. The maximum Gasteiger partial charge on any atom is 0.321 e. The molecule has 9 heteroatoms. The van der Waals surface area contributed by atoms with Crippen LogP contribution in [-0.2, 0) is 0 Å². The van der Waals surface area contributed by atoms with Gasteiger partial charge in [-0.3, -0.25) is 0 Å². The van der Waals surface area contributed by atoms with E-state index < -0.39 is 0 Å². The molecule has 2 aromatic heterocycles. The summed E-state index contributed by atoms with van der Waals surface area (Å²) in [4.78, 5) is 30.6. The topological polar surface area (TPSA) is 83.5 Å². The molecule has 2 amide bonds. The Balaban J connectivity index is 1.33. The molecule has 184 valence electrons. The van der Waals surface area contributed by atoms with Crippen molar-refractivity contribution < 1.29 is 9.53 Å². The van der Waals surface area contributed by atoms with E-state index in [-0.39, 0.29) is 6.03 Å². The number of benzene rings is 2. The van der Waals surface area contributed by atoms with E-state index in [1.54, 1.807) is 6.33 Å². The van der Waals surface area contributed by atoms with Crippen molar-refractivity contribution in [3.05, 3.63) is 71.5 Å². The normalized spacial score (nSPS) is 13.6. The van der Waals surface area contributed by atoms with Crippen LogP contribution in [0.2, 0.25) is 5.02 Å². The first kappa shape index (κ1) is 23.8. The molecular formula is C27H27ClN6O2. The first-order valence-electron chi connectivity index (χ1n) is 11.9. The van der Waals surface area contributed by atoms with Crippen molar-refractivity contribution in [3.63, 3.8) is 0 Å². The first-order valence-corrected chi connectivity index (χ1v) is 12.3. The number of amides is 2. The number of halogens is 1. The third-order valence-corrected chi connectivity index (χ3v) is 6.42. The van der Waals surface area contributed by atoms with E-state index in [2.05, 4.69) is 20.2 Å². The molecule has 0 spiro atoms. The predicted octanol–water partition coefficient (Wildman–Crippen LogP) is 5.41. The molecule has 2 aromatic carbocycles. The highest BCUT2D eigenvalue weighted by Crippen LogP contribution is 2.31. The van der Waals surface area contributed by atoms with Crippen molar-refractivity contribution in [2.75, 3.05) is 43.0 Å². The molecule has 1 aliphatic rings. The van der Waals surface area contributed by atoms with E-state index in [9.17, 15) is 4.79 Å². The fourth-order valence-electron chi connectivity index (χ4n) is 4.30. The van der Waals surface area contributed by atoms with Gasteiger partial charge in [0.05, 0.1) is 22.8 Å². The summed E-state index contributed by atoms with van der Waals surface area (Å²) in [6, 6.07) is 17.2. The second kappa shape index (κ2) is 10.4. The minimum absolute atomic E-state index is 0.0967. The number of aryl methyl sites for hydroxylation is 1. The molecule has 8 nitrogen and oxygen atoms in total. The number of carbonyl (C=O) groups is 1. The van der Waals surface area contributed by atoms with Crippen LogP contribution < -0.4 is 15.0 Å². The van der Waals surface area contributed by atoms with Crippen LogP contribution >= 0.6 is 11.6 Å². The number of aromatic nitrogens is 3. The summed E-state index contributed by atoms with van der Waals surface area (Å²) < 4.78 is 5.55. The van der Waals surface area contributed by atoms with Gasteiger partial charge in [0.1, 0.15) is 17.6 Å². The second-order valence-corrected chi connectivity index (χ2v) is 9.02. The van der Waals surface area contributed by atoms with E-state index in [0.29, 0.717) is 43.6 Å². The second-order valence-electron chi connectivity index (χ2n) is 8.61. The third kappa shape index (κ3) is 5.04. The lowest BCUT2D eigenvalue weighted by Crippen LogP contribution is -2.50. The Labute approximate surface area is 214 Å². The van der Waals surface area contributed by atoms with Crippen LogP contribution in [-0.4, -0.2) is 58.7 Å². The van der Waals surface area contributed by atoms with E-state index in [1.807, 2.05) is 73.3 Å². The summed E-state index contributed by atoms with van der Waals surface area (Å²) in [5.41, 5.74) is 5.05. The van der Waals surface area contributed by atoms with E-state index in [4.69, 9.17) is 21.3 Å². The molecular weight excluding hydrogens is 476 g/mol. The van der Waals surface area contributed by atoms with Gasteiger partial charge in [-0.2, -0.15) is 0 Å². The number of carbonyl (C=O) groups excluding carboxylic acids is 1. The molecule has 1 N–H and O–H groups in total. The highest BCUT2D eigenvalue weighted by Gasteiger charge is 2.24. The number of hydrogen-bond donors (Lipinski definition) is 1. The van der Waals surface area contributed by atoms with Gasteiger partial charge in [0.15, 0.2) is 5.82 Å². The van der Waals surface area contributed by atoms with Crippen molar-refractivity contribution in [2.45, 2.75) is 13.8 Å². The lowest BCUT2D eigenvalue weighted by Gasteiger charge is -2.35. The summed E-state index contributed by atoms with van der Waals surface area (Å²) in [6.45, 7) is 6.93. The van der Waals surface area contributed by atoms with Gasteiger partial charge in [-0.1, -0.05) is 23.7 Å². The van der Waals surface area contributed by atoms with Crippen LogP contribution in [0.1, 0.15) is 12.5 Å². The number of ether oxygens (including phenoxy) is 1. The number of nitrogens with zero attached hydrogens (tertiary/aromatic N) is 5. The Morgan fingerprint density at radius 1 is 1.06 bits per heavy atom. The minimum Gasteiger partial charge on any atom is -0.492 e. The zero-order chi connectivity index (χ0) is 25.1. The lowest BCUT2D eigenvalue weighted by molar-refractivity contribution is 0.208. The molecule has 4 aromatic rings. The zero-order valence-electron chi connectivity index (χ0n) is 20.2. The number of fused-ring (bicyclic) bond motifs is 1. The molecule has 0 saturated carbocycles. The van der Waals surface area contributed by atoms with Gasteiger partial charge in [-0.25, -0.2) is 19.7 Å². The maximum absolute atomic E-state index is 12.8. The highest BCUT2D eigenvalue weighted by molar-refractivity contribution is 6.32. The molecule has 3 heterocycles. The quantitative estimate of drug-likeness (QED) is 0.393. The van der Waals surface area contributed by atoms with Crippen molar-refractivity contribution in [1.29, 1.82) is 0 Å². The van der Waals surface area contributed by atoms with Crippen molar-refractivity contribution in [3.8, 4) is 17.0 Å². The van der Waals surface area contributed by atoms with E-state index >= 15 is 0 Å². The Morgan fingerprint density at radius 3 is 2.64 bits per heavy atom. The Morgan fingerprint density at radius 2 is 1.89 bits per heavy atom. The lowest BCUT2D eigenvalue weighted by atomic mass is 10.1. The largest absolute Gasteiger partial charge is 0.492 e. The third-order valence-electron chi connectivity index (χ3n) is 6.13. The Bertz CT molecular complexity index is 1400. The summed E-state index contributed by atoms with van der Waals surface area (Å²) in [5.74, 6) is 1.41. The minimum atomic E-state index is -0.0967. The van der Waals surface area contributed by atoms with Gasteiger partial charge in [-0.15, -0.1) is 0 Å². The fraction of sp³-hybridized carbons (Fsp3) is 0.259. The Hall–Kier alpha value is -3.91. The SMILES string of the molecule is CCOc1ccc(-c2ccc3ncnc(N4CCN(C(=O)Nc5cccc(C)c5)CC4)c3n2)cc1Cl. The van der Waals surface area contributed by atoms with Gasteiger partial charge in [0.2, 0.25) is 0 Å². The van der Waals surface area contributed by atoms with Gasteiger partial charge < -0.3 is 19.9 Å². The molecule has 36 heavy (non-hydrogen) atoms. The van der Waals surface area contributed by atoms with Gasteiger partial charge in [0.25, 0.3) is 0 Å².